The number of amides is 1. The largest absolute Gasteiger partial charge is 0.422 e. The molecule has 2 heterocycles. The highest BCUT2D eigenvalue weighted by molar-refractivity contribution is 7.21. The van der Waals surface area contributed by atoms with E-state index < -0.39 is 5.63 Å². The third kappa shape index (κ3) is 4.39. The number of hydrogen-bond donors (Lipinski definition) is 1. The number of hydrogen-bond acceptors (Lipinski definition) is 5. The van der Waals surface area contributed by atoms with Crippen molar-refractivity contribution >= 4 is 38.3 Å². The van der Waals surface area contributed by atoms with Crippen molar-refractivity contribution in [2.24, 2.45) is 0 Å². The molecule has 0 fully saturated rings. The Balaban J connectivity index is 1.77. The Morgan fingerprint density at radius 3 is 2.74 bits per heavy atom. The smallest absolute Gasteiger partial charge is 0.345 e. The lowest BCUT2D eigenvalue weighted by Gasteiger charge is -2.19. The summed E-state index contributed by atoms with van der Waals surface area (Å²) in [5.74, 6) is -0.136. The first-order valence-corrected chi connectivity index (χ1v) is 10.3. The number of unbranched alkanes of at least 4 members (excludes halogenated alkanes) is 1. The average molecular weight is 387 g/mol. The fraction of sp³-hybridized carbons (Fsp3) is 0.429. The van der Waals surface area contributed by atoms with Crippen molar-refractivity contribution in [1.29, 1.82) is 0 Å². The van der Waals surface area contributed by atoms with E-state index in [0.29, 0.717) is 22.4 Å². The summed E-state index contributed by atoms with van der Waals surface area (Å²) in [6, 6.07) is 7.36. The molecule has 1 aromatic carbocycles. The van der Waals surface area contributed by atoms with Crippen LogP contribution in [-0.4, -0.2) is 37.0 Å². The van der Waals surface area contributed by atoms with Gasteiger partial charge in [0.2, 0.25) is 0 Å². The number of likely N-dealkylation sites (N-methyl/N-ethyl adjacent to an activating group) is 1. The monoisotopic (exact) mass is 386 g/mol. The van der Waals surface area contributed by atoms with Gasteiger partial charge in [-0.1, -0.05) is 31.9 Å². The van der Waals surface area contributed by atoms with E-state index in [9.17, 15) is 9.59 Å². The van der Waals surface area contributed by atoms with E-state index in [-0.39, 0.29) is 5.91 Å². The number of carbonyl (C=O) groups is 1. The number of rotatable bonds is 8. The quantitative estimate of drug-likeness (QED) is 0.590. The molecule has 0 saturated heterocycles. The van der Waals surface area contributed by atoms with Crippen molar-refractivity contribution < 1.29 is 9.21 Å². The van der Waals surface area contributed by atoms with E-state index in [1.807, 2.05) is 19.1 Å². The van der Waals surface area contributed by atoms with Crippen molar-refractivity contribution in [3.63, 3.8) is 0 Å². The first-order valence-electron chi connectivity index (χ1n) is 9.51. The van der Waals surface area contributed by atoms with Crippen molar-refractivity contribution in [2.45, 2.75) is 33.6 Å². The van der Waals surface area contributed by atoms with Crippen molar-refractivity contribution in [1.82, 2.24) is 10.2 Å². The van der Waals surface area contributed by atoms with Gasteiger partial charge in [-0.2, -0.15) is 0 Å². The van der Waals surface area contributed by atoms with Crippen LogP contribution in [0, 0.1) is 6.92 Å². The van der Waals surface area contributed by atoms with Crippen LogP contribution >= 0.6 is 11.3 Å². The van der Waals surface area contributed by atoms with Crippen LogP contribution in [0.2, 0.25) is 0 Å². The van der Waals surface area contributed by atoms with Gasteiger partial charge >= 0.3 is 5.63 Å². The fourth-order valence-corrected chi connectivity index (χ4v) is 4.23. The van der Waals surface area contributed by atoms with E-state index in [1.54, 1.807) is 12.1 Å². The lowest BCUT2D eigenvalue weighted by Crippen LogP contribution is -2.35. The molecule has 0 radical (unpaired) electrons. The molecule has 0 bridgehead atoms. The lowest BCUT2D eigenvalue weighted by molar-refractivity contribution is 0.0952. The predicted octanol–water partition coefficient (Wildman–Crippen LogP) is 4.17. The highest BCUT2D eigenvalue weighted by atomic mass is 32.1. The number of nitrogens with one attached hydrogen (secondary N) is 1. The summed E-state index contributed by atoms with van der Waals surface area (Å²) in [6.07, 6.45) is 2.33. The maximum atomic E-state index is 12.6. The fourth-order valence-electron chi connectivity index (χ4n) is 3.14. The number of thiophene rings is 1. The molecule has 0 aliphatic carbocycles. The molecular formula is C21H26N2O3S. The summed E-state index contributed by atoms with van der Waals surface area (Å²) in [5, 5.41) is 4.33. The van der Waals surface area contributed by atoms with E-state index in [4.69, 9.17) is 4.42 Å². The predicted molar refractivity (Wildman–Crippen MR) is 112 cm³/mol. The maximum absolute atomic E-state index is 12.6. The summed E-state index contributed by atoms with van der Waals surface area (Å²) >= 11 is 1.35. The van der Waals surface area contributed by atoms with Crippen LogP contribution in [0.3, 0.4) is 0 Å². The van der Waals surface area contributed by atoms with Gasteiger partial charge in [-0.3, -0.25) is 4.79 Å². The topological polar surface area (TPSA) is 62.6 Å². The molecule has 1 amide bonds. The number of aryl methyl sites for hydroxylation is 1. The van der Waals surface area contributed by atoms with Crippen molar-refractivity contribution in [3.05, 3.63) is 45.1 Å². The first kappa shape index (κ1) is 19.6. The Morgan fingerprint density at radius 2 is 2.00 bits per heavy atom. The van der Waals surface area contributed by atoms with Gasteiger partial charge in [-0.15, -0.1) is 11.3 Å². The normalized spacial score (nSPS) is 11.6. The Kier molecular flexibility index (Phi) is 6.29. The minimum atomic E-state index is -0.395. The number of nitrogens with zero attached hydrogens (tertiary/aromatic N) is 1. The van der Waals surface area contributed by atoms with Gasteiger partial charge < -0.3 is 14.6 Å². The summed E-state index contributed by atoms with van der Waals surface area (Å²) in [6.45, 7) is 9.77. The molecule has 0 aliphatic rings. The van der Waals surface area contributed by atoms with E-state index in [0.717, 1.165) is 35.3 Å². The number of benzene rings is 1. The van der Waals surface area contributed by atoms with Gasteiger partial charge in [-0.25, -0.2) is 4.79 Å². The second-order valence-electron chi connectivity index (χ2n) is 6.79. The average Bonchev–Trinajstić information content (AvgIpc) is 3.11. The zero-order chi connectivity index (χ0) is 19.4. The van der Waals surface area contributed by atoms with Crippen LogP contribution in [0.1, 0.15) is 41.9 Å². The zero-order valence-electron chi connectivity index (χ0n) is 16.1. The van der Waals surface area contributed by atoms with Gasteiger partial charge in [0.15, 0.2) is 0 Å². The Hall–Kier alpha value is -2.18. The second kappa shape index (κ2) is 8.67. The third-order valence-electron chi connectivity index (χ3n) is 4.75. The number of fused-ring (bicyclic) bond motifs is 3. The molecule has 144 valence electrons. The van der Waals surface area contributed by atoms with Gasteiger partial charge in [0, 0.05) is 18.5 Å². The lowest BCUT2D eigenvalue weighted by atomic mass is 10.1. The third-order valence-corrected chi connectivity index (χ3v) is 5.91. The highest BCUT2D eigenvalue weighted by Gasteiger charge is 2.16. The minimum Gasteiger partial charge on any atom is -0.422 e. The van der Waals surface area contributed by atoms with Crippen molar-refractivity contribution in [2.75, 3.05) is 26.2 Å². The second-order valence-corrected chi connectivity index (χ2v) is 7.84. The molecule has 0 aliphatic heterocycles. The van der Waals surface area contributed by atoms with Crippen LogP contribution in [0.5, 0.6) is 0 Å². The van der Waals surface area contributed by atoms with E-state index in [2.05, 4.69) is 24.1 Å². The molecule has 0 atom stereocenters. The number of carbonyl (C=O) groups excluding carboxylic acids is 1. The maximum Gasteiger partial charge on any atom is 0.345 e. The summed E-state index contributed by atoms with van der Waals surface area (Å²) in [4.78, 5) is 27.7. The van der Waals surface area contributed by atoms with E-state index in [1.165, 1.54) is 24.2 Å². The Labute approximate surface area is 163 Å². The van der Waals surface area contributed by atoms with E-state index >= 15 is 0 Å². The zero-order valence-corrected chi connectivity index (χ0v) is 16.9. The molecule has 0 unspecified atom stereocenters. The first-order chi connectivity index (χ1) is 13.0. The van der Waals surface area contributed by atoms with Crippen LogP contribution in [0.4, 0.5) is 0 Å². The molecule has 5 nitrogen and oxygen atoms in total. The summed E-state index contributed by atoms with van der Waals surface area (Å²) in [7, 11) is 0. The van der Waals surface area contributed by atoms with Crippen molar-refractivity contribution in [3.8, 4) is 0 Å². The molecule has 0 saturated carbocycles. The van der Waals surface area contributed by atoms with Crippen LogP contribution in [0.25, 0.3) is 21.1 Å². The molecule has 2 aromatic heterocycles. The van der Waals surface area contributed by atoms with Gasteiger partial charge in [0.05, 0.1) is 15.0 Å². The summed E-state index contributed by atoms with van der Waals surface area (Å²) < 4.78 is 6.21. The molecular weight excluding hydrogens is 360 g/mol. The molecule has 27 heavy (non-hydrogen) atoms. The van der Waals surface area contributed by atoms with Crippen LogP contribution < -0.4 is 10.9 Å². The molecule has 0 spiro atoms. The van der Waals surface area contributed by atoms with Gasteiger partial charge in [0.25, 0.3) is 5.91 Å². The standard InChI is InChI=1S/C21H26N2O3S/c1-4-6-10-23(5-2)11-9-22-20(24)18-13-16-19(27-18)15-12-14(3)7-8-17(15)26-21(16)25/h7-8,12-13H,4-6,9-11H2,1-3H3,(H,22,24). The van der Waals surface area contributed by atoms with Crippen LogP contribution in [-0.2, 0) is 0 Å². The molecule has 3 rings (SSSR count). The van der Waals surface area contributed by atoms with Crippen LogP contribution in [0.15, 0.2) is 33.5 Å². The highest BCUT2D eigenvalue weighted by Crippen LogP contribution is 2.31. The molecule has 3 aromatic rings. The minimum absolute atomic E-state index is 0.136. The molecule has 6 heteroatoms. The molecule has 1 N–H and O–H groups in total. The Morgan fingerprint density at radius 1 is 1.19 bits per heavy atom. The SMILES string of the molecule is CCCCN(CC)CCNC(=O)c1cc2c(=O)oc3ccc(C)cc3c2s1. The Bertz CT molecular complexity index is 1010. The summed E-state index contributed by atoms with van der Waals surface area (Å²) in [5.41, 5.74) is 1.25. The van der Waals surface area contributed by atoms with Gasteiger partial charge in [-0.05, 0) is 44.6 Å². The van der Waals surface area contributed by atoms with Gasteiger partial charge in [0.1, 0.15) is 5.58 Å².